The number of benzene rings is 1. The summed E-state index contributed by atoms with van der Waals surface area (Å²) in [5, 5.41) is 0. The third-order valence-electron chi connectivity index (χ3n) is 4.17. The van der Waals surface area contributed by atoms with Gasteiger partial charge in [-0.1, -0.05) is 57.6 Å². The molecule has 0 bridgehead atoms. The second-order valence-corrected chi connectivity index (χ2v) is 5.89. The first-order valence-electron chi connectivity index (χ1n) is 8.10. The molecular weight excluding hydrogens is 232 g/mol. The van der Waals surface area contributed by atoms with Gasteiger partial charge in [-0.3, -0.25) is 0 Å². The van der Waals surface area contributed by atoms with Gasteiger partial charge >= 0.3 is 0 Å². The van der Waals surface area contributed by atoms with E-state index in [0.29, 0.717) is 0 Å². The fourth-order valence-corrected chi connectivity index (χ4v) is 3.08. The second kappa shape index (κ2) is 8.24. The lowest BCUT2D eigenvalue weighted by molar-refractivity contribution is 0.316. The van der Waals surface area contributed by atoms with Gasteiger partial charge in [0.05, 0.1) is 6.61 Å². The van der Waals surface area contributed by atoms with Crippen molar-refractivity contribution in [2.45, 2.75) is 64.7 Å². The van der Waals surface area contributed by atoms with Crippen molar-refractivity contribution in [1.29, 1.82) is 0 Å². The topological polar surface area (TPSA) is 9.23 Å². The minimum atomic E-state index is 0.825. The van der Waals surface area contributed by atoms with Crippen LogP contribution in [-0.2, 0) is 6.42 Å². The SMILES string of the molecule is CCCOc1cccc(CCCC2CCCCC2)c1. The smallest absolute Gasteiger partial charge is 0.119 e. The van der Waals surface area contributed by atoms with Crippen LogP contribution in [0.2, 0.25) is 0 Å². The Morgan fingerprint density at radius 2 is 2.00 bits per heavy atom. The molecular formula is C18H28O. The molecule has 2 rings (SSSR count). The molecule has 106 valence electrons. The van der Waals surface area contributed by atoms with Crippen LogP contribution in [0.4, 0.5) is 0 Å². The summed E-state index contributed by atoms with van der Waals surface area (Å²) in [4.78, 5) is 0. The summed E-state index contributed by atoms with van der Waals surface area (Å²) in [5.74, 6) is 2.05. The lowest BCUT2D eigenvalue weighted by Gasteiger charge is -2.21. The molecule has 1 fully saturated rings. The fourth-order valence-electron chi connectivity index (χ4n) is 3.08. The van der Waals surface area contributed by atoms with E-state index in [1.807, 2.05) is 0 Å². The van der Waals surface area contributed by atoms with Crippen LogP contribution in [0.1, 0.15) is 63.9 Å². The predicted octanol–water partition coefficient (Wildman–Crippen LogP) is 5.38. The van der Waals surface area contributed by atoms with Crippen LogP contribution in [0.5, 0.6) is 5.75 Å². The molecule has 0 unspecified atom stereocenters. The highest BCUT2D eigenvalue weighted by molar-refractivity contribution is 5.28. The third kappa shape index (κ3) is 5.26. The molecule has 1 aliphatic rings. The zero-order chi connectivity index (χ0) is 13.3. The van der Waals surface area contributed by atoms with E-state index >= 15 is 0 Å². The van der Waals surface area contributed by atoms with Gasteiger partial charge in [0.2, 0.25) is 0 Å². The van der Waals surface area contributed by atoms with E-state index < -0.39 is 0 Å². The number of hydrogen-bond acceptors (Lipinski definition) is 1. The van der Waals surface area contributed by atoms with Crippen molar-refractivity contribution in [3.05, 3.63) is 29.8 Å². The highest BCUT2D eigenvalue weighted by atomic mass is 16.5. The molecule has 0 spiro atoms. The maximum Gasteiger partial charge on any atom is 0.119 e. The van der Waals surface area contributed by atoms with E-state index in [-0.39, 0.29) is 0 Å². The third-order valence-corrected chi connectivity index (χ3v) is 4.17. The normalized spacial score (nSPS) is 16.5. The fraction of sp³-hybridized carbons (Fsp3) is 0.667. The van der Waals surface area contributed by atoms with Gasteiger partial charge in [-0.25, -0.2) is 0 Å². The van der Waals surface area contributed by atoms with E-state index in [1.165, 1.54) is 56.9 Å². The number of hydrogen-bond donors (Lipinski definition) is 0. The van der Waals surface area contributed by atoms with Gasteiger partial charge in [-0.2, -0.15) is 0 Å². The Bertz CT molecular complexity index is 352. The minimum Gasteiger partial charge on any atom is -0.494 e. The van der Waals surface area contributed by atoms with E-state index in [9.17, 15) is 0 Å². The Kier molecular flexibility index (Phi) is 6.26. The summed E-state index contributed by atoms with van der Waals surface area (Å²) >= 11 is 0. The van der Waals surface area contributed by atoms with Crippen LogP contribution in [0.3, 0.4) is 0 Å². The van der Waals surface area contributed by atoms with Crippen LogP contribution in [0, 0.1) is 5.92 Å². The molecule has 1 aromatic carbocycles. The Labute approximate surface area is 118 Å². The second-order valence-electron chi connectivity index (χ2n) is 5.89. The molecule has 1 nitrogen and oxygen atoms in total. The van der Waals surface area contributed by atoms with Gasteiger partial charge < -0.3 is 4.74 Å². The van der Waals surface area contributed by atoms with Gasteiger partial charge in [0, 0.05) is 0 Å². The van der Waals surface area contributed by atoms with Crippen molar-refractivity contribution in [3.8, 4) is 5.75 Å². The number of rotatable bonds is 7. The predicted molar refractivity (Wildman–Crippen MR) is 81.7 cm³/mol. The Morgan fingerprint density at radius 3 is 2.79 bits per heavy atom. The molecule has 0 saturated heterocycles. The number of ether oxygens (including phenoxy) is 1. The van der Waals surface area contributed by atoms with E-state index in [2.05, 4.69) is 31.2 Å². The monoisotopic (exact) mass is 260 g/mol. The van der Waals surface area contributed by atoms with Crippen molar-refractivity contribution in [1.82, 2.24) is 0 Å². The van der Waals surface area contributed by atoms with Gasteiger partial charge in [0.25, 0.3) is 0 Å². The van der Waals surface area contributed by atoms with Gasteiger partial charge in [-0.05, 0) is 42.9 Å². The maximum atomic E-state index is 5.69. The van der Waals surface area contributed by atoms with E-state index in [0.717, 1.165) is 24.7 Å². The van der Waals surface area contributed by atoms with Gasteiger partial charge in [-0.15, -0.1) is 0 Å². The molecule has 0 aliphatic heterocycles. The molecule has 1 aliphatic carbocycles. The molecule has 1 heteroatoms. The van der Waals surface area contributed by atoms with Crippen LogP contribution < -0.4 is 4.74 Å². The molecule has 0 atom stereocenters. The van der Waals surface area contributed by atoms with E-state index in [4.69, 9.17) is 4.74 Å². The van der Waals surface area contributed by atoms with Gasteiger partial charge in [0.1, 0.15) is 5.75 Å². The van der Waals surface area contributed by atoms with Crippen molar-refractivity contribution in [3.63, 3.8) is 0 Å². The highest BCUT2D eigenvalue weighted by Gasteiger charge is 2.12. The first kappa shape index (κ1) is 14.4. The van der Waals surface area contributed by atoms with Crippen molar-refractivity contribution in [2.75, 3.05) is 6.61 Å². The maximum absolute atomic E-state index is 5.69. The van der Waals surface area contributed by atoms with Crippen LogP contribution in [0.15, 0.2) is 24.3 Å². The lowest BCUT2D eigenvalue weighted by atomic mass is 9.85. The lowest BCUT2D eigenvalue weighted by Crippen LogP contribution is -2.06. The van der Waals surface area contributed by atoms with Gasteiger partial charge in [0.15, 0.2) is 0 Å². The summed E-state index contributed by atoms with van der Waals surface area (Å²) < 4.78 is 5.69. The molecule has 0 N–H and O–H groups in total. The van der Waals surface area contributed by atoms with Crippen LogP contribution in [0.25, 0.3) is 0 Å². The molecule has 1 saturated carbocycles. The Balaban J connectivity index is 1.72. The summed E-state index contributed by atoms with van der Waals surface area (Å²) in [6.45, 7) is 2.97. The zero-order valence-corrected chi connectivity index (χ0v) is 12.4. The Morgan fingerprint density at radius 1 is 1.16 bits per heavy atom. The van der Waals surface area contributed by atoms with Crippen molar-refractivity contribution >= 4 is 0 Å². The zero-order valence-electron chi connectivity index (χ0n) is 12.4. The first-order valence-corrected chi connectivity index (χ1v) is 8.10. The highest BCUT2D eigenvalue weighted by Crippen LogP contribution is 2.28. The molecule has 1 aromatic rings. The first-order chi connectivity index (χ1) is 9.38. The summed E-state index contributed by atoms with van der Waals surface area (Å²) in [7, 11) is 0. The quantitative estimate of drug-likeness (QED) is 0.639. The van der Waals surface area contributed by atoms with E-state index in [1.54, 1.807) is 0 Å². The van der Waals surface area contributed by atoms with Crippen LogP contribution in [-0.4, -0.2) is 6.61 Å². The standard InChI is InChI=1S/C18H28O/c1-2-14-19-18-13-7-12-17(15-18)11-6-10-16-8-4-3-5-9-16/h7,12-13,15-16H,2-6,8-11,14H2,1H3. The summed E-state index contributed by atoms with van der Waals surface area (Å²) in [6.07, 6.45) is 12.4. The molecule has 19 heavy (non-hydrogen) atoms. The number of aryl methyl sites for hydroxylation is 1. The average molecular weight is 260 g/mol. The molecule has 0 aromatic heterocycles. The minimum absolute atomic E-state index is 0.825. The average Bonchev–Trinajstić information content (AvgIpc) is 2.47. The largest absolute Gasteiger partial charge is 0.494 e. The summed E-state index contributed by atoms with van der Waals surface area (Å²) in [5.41, 5.74) is 1.43. The van der Waals surface area contributed by atoms with Crippen LogP contribution >= 0.6 is 0 Å². The molecule has 0 heterocycles. The Hall–Kier alpha value is -0.980. The summed E-state index contributed by atoms with van der Waals surface area (Å²) in [6, 6.07) is 8.65. The van der Waals surface area contributed by atoms with Crippen molar-refractivity contribution < 1.29 is 4.74 Å². The molecule has 0 amide bonds. The van der Waals surface area contributed by atoms with Crippen molar-refractivity contribution in [2.24, 2.45) is 5.92 Å². The molecule has 0 radical (unpaired) electrons.